The van der Waals surface area contributed by atoms with E-state index in [0.717, 1.165) is 51.4 Å². The first-order valence-electron chi connectivity index (χ1n) is 29.8. The van der Waals surface area contributed by atoms with Gasteiger partial charge in [0.25, 0.3) is 0 Å². The van der Waals surface area contributed by atoms with E-state index in [1.54, 1.807) is 0 Å². The maximum Gasteiger partial charge on any atom is 0.220 e. The number of amides is 1. The van der Waals surface area contributed by atoms with Gasteiger partial charge in [0.05, 0.1) is 32.0 Å². The number of carbonyl (C=O) groups excluding carboxylic acids is 1. The summed E-state index contributed by atoms with van der Waals surface area (Å²) in [6, 6.07) is -0.820. The molecule has 0 aliphatic carbocycles. The Hall–Kier alpha value is -1.01. The van der Waals surface area contributed by atoms with Gasteiger partial charge in [-0.1, -0.05) is 245 Å². The molecule has 2 heterocycles. The normalized spacial score (nSPS) is 25.7. The lowest BCUT2D eigenvalue weighted by molar-refractivity contribution is -0.359. The highest BCUT2D eigenvalue weighted by Gasteiger charge is 2.51. The van der Waals surface area contributed by atoms with Crippen molar-refractivity contribution in [2.24, 2.45) is 0 Å². The summed E-state index contributed by atoms with van der Waals surface area (Å²) in [6.07, 6.45) is 31.6. The number of carbonyl (C=O) groups is 1. The van der Waals surface area contributed by atoms with E-state index < -0.39 is 86.8 Å². The van der Waals surface area contributed by atoms with Crippen LogP contribution < -0.4 is 5.32 Å². The van der Waals surface area contributed by atoms with Crippen molar-refractivity contribution in [3.63, 3.8) is 0 Å². The van der Waals surface area contributed by atoms with Crippen LogP contribution in [0.1, 0.15) is 264 Å². The number of aliphatic hydroxyl groups is 8. The number of nitrogens with one attached hydrogen (secondary N) is 1. The molecule has 2 aliphatic rings. The van der Waals surface area contributed by atoms with Gasteiger partial charge >= 0.3 is 0 Å². The summed E-state index contributed by atoms with van der Waals surface area (Å²) in [6.45, 7) is 2.84. The lowest BCUT2D eigenvalue weighted by atomic mass is 9.97. The molecule has 12 unspecified atom stereocenters. The SMILES string of the molecule is CCCCCCCCCCCCCCCCCCCCCCCCCCCCCCCC(=O)NC(COC1OC(CO)C(OC2OC(CO)C(O)C(O)C2O)C(O)C1O)C(O)CCCCCCCCCC. The molecule has 12 atom stereocenters. The number of hydrogen-bond acceptors (Lipinski definition) is 13. The summed E-state index contributed by atoms with van der Waals surface area (Å²) in [5, 5.41) is 86.8. The third-order valence-electron chi connectivity index (χ3n) is 15.1. The van der Waals surface area contributed by atoms with Crippen molar-refractivity contribution >= 4 is 5.91 Å². The fourth-order valence-corrected chi connectivity index (χ4v) is 10.2. The number of aliphatic hydroxyl groups excluding tert-OH is 8. The lowest BCUT2D eigenvalue weighted by Crippen LogP contribution is -2.65. The Kier molecular flexibility index (Phi) is 41.1. The second-order valence-electron chi connectivity index (χ2n) is 21.5. The third-order valence-corrected chi connectivity index (χ3v) is 15.1. The van der Waals surface area contributed by atoms with E-state index in [1.165, 1.54) is 186 Å². The molecule has 0 aromatic rings. The minimum absolute atomic E-state index is 0.204. The van der Waals surface area contributed by atoms with Crippen LogP contribution in [-0.2, 0) is 23.7 Å². The molecule has 2 rings (SSSR count). The second-order valence-corrected chi connectivity index (χ2v) is 21.5. The van der Waals surface area contributed by atoms with Crippen molar-refractivity contribution in [2.75, 3.05) is 19.8 Å². The first-order chi connectivity index (χ1) is 34.6. The van der Waals surface area contributed by atoms with E-state index >= 15 is 0 Å². The van der Waals surface area contributed by atoms with Gasteiger partial charge in [-0.05, 0) is 12.8 Å². The van der Waals surface area contributed by atoms with Crippen molar-refractivity contribution < 1.29 is 64.6 Å². The molecule has 2 fully saturated rings. The molecule has 0 saturated carbocycles. The molecule has 9 N–H and O–H groups in total. The van der Waals surface area contributed by atoms with E-state index in [4.69, 9.17) is 18.9 Å². The van der Waals surface area contributed by atoms with Crippen molar-refractivity contribution in [3.8, 4) is 0 Å². The smallest absolute Gasteiger partial charge is 0.220 e. The van der Waals surface area contributed by atoms with Crippen LogP contribution in [0.2, 0.25) is 0 Å². The Balaban J connectivity index is 1.60. The summed E-state index contributed by atoms with van der Waals surface area (Å²) in [7, 11) is 0. The maximum atomic E-state index is 13.2. The van der Waals surface area contributed by atoms with Crippen LogP contribution in [0.5, 0.6) is 0 Å². The van der Waals surface area contributed by atoms with Crippen molar-refractivity contribution in [1.29, 1.82) is 0 Å². The number of hydrogen-bond donors (Lipinski definition) is 9. The van der Waals surface area contributed by atoms with Crippen LogP contribution in [0.3, 0.4) is 0 Å². The summed E-state index contributed by atoms with van der Waals surface area (Å²) >= 11 is 0. The molecule has 2 saturated heterocycles. The molecule has 422 valence electrons. The highest BCUT2D eigenvalue weighted by atomic mass is 16.7. The van der Waals surface area contributed by atoms with Crippen LogP contribution in [0, 0.1) is 0 Å². The zero-order valence-electron chi connectivity index (χ0n) is 45.2. The van der Waals surface area contributed by atoms with E-state index in [0.29, 0.717) is 12.8 Å². The van der Waals surface area contributed by atoms with Crippen LogP contribution >= 0.6 is 0 Å². The molecule has 14 nitrogen and oxygen atoms in total. The van der Waals surface area contributed by atoms with Crippen molar-refractivity contribution in [2.45, 2.75) is 338 Å². The van der Waals surface area contributed by atoms with Gasteiger partial charge in [-0.2, -0.15) is 0 Å². The third kappa shape index (κ3) is 30.4. The second kappa shape index (κ2) is 44.2. The summed E-state index contributed by atoms with van der Waals surface area (Å²) in [5.74, 6) is -0.204. The van der Waals surface area contributed by atoms with E-state index in [1.807, 2.05) is 0 Å². The number of unbranched alkanes of at least 4 members (excludes halogenated alkanes) is 35. The Morgan fingerprint density at radius 2 is 0.803 bits per heavy atom. The zero-order valence-corrected chi connectivity index (χ0v) is 45.2. The first-order valence-corrected chi connectivity index (χ1v) is 29.8. The largest absolute Gasteiger partial charge is 0.394 e. The molecule has 2 aliphatic heterocycles. The predicted molar refractivity (Wildman–Crippen MR) is 282 cm³/mol. The van der Waals surface area contributed by atoms with Gasteiger partial charge in [0, 0.05) is 6.42 Å². The topological polar surface area (TPSA) is 228 Å². The van der Waals surface area contributed by atoms with Crippen molar-refractivity contribution in [1.82, 2.24) is 5.32 Å². The van der Waals surface area contributed by atoms with Crippen LogP contribution in [0.4, 0.5) is 0 Å². The van der Waals surface area contributed by atoms with Gasteiger partial charge < -0.3 is 65.1 Å². The monoisotopic (exact) mass is 1020 g/mol. The van der Waals surface area contributed by atoms with Crippen molar-refractivity contribution in [3.05, 3.63) is 0 Å². The van der Waals surface area contributed by atoms with Crippen LogP contribution in [-0.4, -0.2) is 140 Å². The van der Waals surface area contributed by atoms with Gasteiger partial charge in [-0.3, -0.25) is 4.79 Å². The van der Waals surface area contributed by atoms with Gasteiger partial charge in [0.1, 0.15) is 48.8 Å². The Labute approximate surface area is 432 Å². The lowest BCUT2D eigenvalue weighted by Gasteiger charge is -2.46. The minimum atomic E-state index is -1.78. The van der Waals surface area contributed by atoms with Gasteiger partial charge in [-0.25, -0.2) is 0 Å². The Morgan fingerprint density at radius 3 is 1.20 bits per heavy atom. The number of rotatable bonds is 48. The molecule has 1 amide bonds. The standard InChI is InChI=1S/C57H111NO13/c1-3-5-7-9-11-13-14-15-16-17-18-19-20-21-22-23-24-25-26-27-28-29-30-31-32-33-35-37-39-41-49(62)58-45(46(61)40-38-36-34-12-10-8-6-4-2)44-68-56-54(67)52(65)55(48(43-60)70-56)71-57-53(66)51(64)50(63)47(42-59)69-57/h45-48,50-57,59-61,63-67H,3-44H2,1-2H3,(H,58,62). The van der Waals surface area contributed by atoms with Gasteiger partial charge in [0.15, 0.2) is 12.6 Å². The highest BCUT2D eigenvalue weighted by Crippen LogP contribution is 2.30. The van der Waals surface area contributed by atoms with Crippen LogP contribution in [0.25, 0.3) is 0 Å². The molecular weight excluding hydrogens is 907 g/mol. The maximum absolute atomic E-state index is 13.2. The Bertz CT molecular complexity index is 1200. The summed E-state index contributed by atoms with van der Waals surface area (Å²) in [4.78, 5) is 13.2. The van der Waals surface area contributed by atoms with E-state index in [9.17, 15) is 45.6 Å². The summed E-state index contributed by atoms with van der Waals surface area (Å²) < 4.78 is 22.7. The molecule has 0 bridgehead atoms. The van der Waals surface area contributed by atoms with Gasteiger partial charge in [0.2, 0.25) is 5.91 Å². The quantitative estimate of drug-likeness (QED) is 0.0259. The predicted octanol–water partition coefficient (Wildman–Crippen LogP) is 9.73. The average Bonchev–Trinajstić information content (AvgIpc) is 3.37. The molecular formula is C57H111NO13. The minimum Gasteiger partial charge on any atom is -0.394 e. The molecule has 0 spiro atoms. The first kappa shape index (κ1) is 66.1. The molecule has 0 aromatic carbocycles. The fourth-order valence-electron chi connectivity index (χ4n) is 10.2. The highest BCUT2D eigenvalue weighted by molar-refractivity contribution is 5.76. The molecule has 14 heteroatoms. The van der Waals surface area contributed by atoms with Crippen LogP contribution in [0.15, 0.2) is 0 Å². The zero-order chi connectivity index (χ0) is 51.7. The Morgan fingerprint density at radius 1 is 0.451 bits per heavy atom. The van der Waals surface area contributed by atoms with E-state index in [2.05, 4.69) is 19.2 Å². The average molecular weight is 1020 g/mol. The molecule has 0 aromatic heterocycles. The van der Waals surface area contributed by atoms with E-state index in [-0.39, 0.29) is 12.5 Å². The fraction of sp³-hybridized carbons (Fsp3) is 0.982. The number of ether oxygens (including phenoxy) is 4. The van der Waals surface area contributed by atoms with Gasteiger partial charge in [-0.15, -0.1) is 0 Å². The summed E-state index contributed by atoms with van der Waals surface area (Å²) in [5.41, 5.74) is 0. The molecule has 71 heavy (non-hydrogen) atoms. The molecule has 0 radical (unpaired) electrons.